The van der Waals surface area contributed by atoms with Crippen molar-refractivity contribution in [3.8, 4) is 17.2 Å². The first kappa shape index (κ1) is 26.1. The van der Waals surface area contributed by atoms with Crippen LogP contribution in [0.4, 0.5) is 5.95 Å². The van der Waals surface area contributed by atoms with Crippen LogP contribution in [0.3, 0.4) is 0 Å². The molecule has 1 aromatic carbocycles. The third-order valence-electron chi connectivity index (χ3n) is 6.31. The molecule has 11 nitrogen and oxygen atoms in total. The normalized spacial score (nSPS) is 17.9. The highest BCUT2D eigenvalue weighted by molar-refractivity contribution is 7.93. The fourth-order valence-electron chi connectivity index (χ4n) is 4.10. The number of halogens is 1. The second-order valence-electron chi connectivity index (χ2n) is 8.54. The van der Waals surface area contributed by atoms with Crippen LogP contribution in [0.1, 0.15) is 50.2 Å². The van der Waals surface area contributed by atoms with Gasteiger partial charge >= 0.3 is 0 Å². The van der Waals surface area contributed by atoms with Crippen LogP contribution in [0.15, 0.2) is 30.6 Å². The van der Waals surface area contributed by atoms with E-state index < -0.39 is 21.2 Å². The highest BCUT2D eigenvalue weighted by atomic mass is 35.5. The molecule has 4 rings (SSSR count). The predicted octanol–water partition coefficient (Wildman–Crippen LogP) is 3.56. The minimum atomic E-state index is -3.96. The molecule has 0 bridgehead atoms. The number of methoxy groups -OCH3 is 2. The van der Waals surface area contributed by atoms with Crippen LogP contribution in [-0.2, 0) is 14.8 Å². The summed E-state index contributed by atoms with van der Waals surface area (Å²) in [7, 11) is -0.890. The molecule has 1 N–H and O–H groups in total. The summed E-state index contributed by atoms with van der Waals surface area (Å²) < 4.78 is 48.2. The third kappa shape index (κ3) is 5.25. The fraction of sp³-hybridized carbons (Fsp3) is 0.478. The first-order chi connectivity index (χ1) is 17.3. The molecule has 3 aromatic rings. The molecule has 0 aliphatic carbocycles. The largest absolute Gasteiger partial charge is 0.494 e. The maximum absolute atomic E-state index is 13.5. The molecule has 194 valence electrons. The number of nitrogens with one attached hydrogen (secondary N) is 1. The van der Waals surface area contributed by atoms with Crippen LogP contribution in [0, 0.1) is 0 Å². The van der Waals surface area contributed by atoms with Gasteiger partial charge in [-0.1, -0.05) is 24.6 Å². The highest BCUT2D eigenvalue weighted by Crippen LogP contribution is 2.38. The van der Waals surface area contributed by atoms with Gasteiger partial charge in [-0.3, -0.25) is 9.29 Å². The Morgan fingerprint density at radius 2 is 1.81 bits per heavy atom. The molecule has 1 saturated heterocycles. The fourth-order valence-corrected chi connectivity index (χ4v) is 5.43. The van der Waals surface area contributed by atoms with Crippen LogP contribution >= 0.6 is 11.6 Å². The maximum atomic E-state index is 13.5. The van der Waals surface area contributed by atoms with Crippen LogP contribution in [0.5, 0.6) is 11.5 Å². The number of benzene rings is 1. The summed E-state index contributed by atoms with van der Waals surface area (Å²) in [5.41, 5.74) is 0.493. The number of para-hydroxylation sites is 1. The topological polar surface area (TPSA) is 130 Å². The van der Waals surface area contributed by atoms with Gasteiger partial charge in [-0.25, -0.2) is 18.4 Å². The zero-order valence-electron chi connectivity index (χ0n) is 20.5. The smallest absolute Gasteiger partial charge is 0.243 e. The van der Waals surface area contributed by atoms with Crippen molar-refractivity contribution >= 4 is 27.6 Å². The molecule has 0 spiro atoms. The Morgan fingerprint density at radius 1 is 1.14 bits per heavy atom. The zero-order valence-corrected chi connectivity index (χ0v) is 22.1. The Labute approximate surface area is 215 Å². The van der Waals surface area contributed by atoms with Gasteiger partial charge in [0.2, 0.25) is 16.0 Å². The quantitative estimate of drug-likeness (QED) is 0.436. The molecular weight excluding hydrogens is 508 g/mol. The third-order valence-corrected chi connectivity index (χ3v) is 8.36. The number of ether oxygens (including phenoxy) is 3. The van der Waals surface area contributed by atoms with E-state index in [2.05, 4.69) is 24.9 Å². The highest BCUT2D eigenvalue weighted by Gasteiger charge is 2.33. The average Bonchev–Trinajstić information content (AvgIpc) is 3.30. The van der Waals surface area contributed by atoms with Gasteiger partial charge < -0.3 is 14.2 Å². The first-order valence-electron chi connectivity index (χ1n) is 11.5. The molecule has 1 aliphatic heterocycles. The Hall–Kier alpha value is -2.96. The standard InChI is InChI=1S/C23H29ClN6O5S/c1-14(21-25-11-17(24)12-26-21)15(2)36(31,32)29-23-28-27-22(16-7-6-10-35-13-16)30(23)20-18(33-3)8-5-9-19(20)34-4/h5,8-9,11-12,14-16H,6-7,10,13H2,1-4H3,(H,28,29)/t14-,15-,16-/m0/s1. The van der Waals surface area contributed by atoms with Gasteiger partial charge in [0, 0.05) is 30.8 Å². The molecule has 1 fully saturated rings. The van der Waals surface area contributed by atoms with Gasteiger partial charge in [-0.2, -0.15) is 0 Å². The van der Waals surface area contributed by atoms with E-state index >= 15 is 0 Å². The maximum Gasteiger partial charge on any atom is 0.243 e. The number of nitrogens with zero attached hydrogens (tertiary/aromatic N) is 5. The summed E-state index contributed by atoms with van der Waals surface area (Å²) in [6.45, 7) is 4.45. The summed E-state index contributed by atoms with van der Waals surface area (Å²) in [5, 5.41) is 8.09. The summed E-state index contributed by atoms with van der Waals surface area (Å²) in [5.74, 6) is 1.28. The minimum absolute atomic E-state index is 0.0226. The summed E-state index contributed by atoms with van der Waals surface area (Å²) in [4.78, 5) is 8.36. The van der Waals surface area contributed by atoms with Gasteiger partial charge in [0.25, 0.3) is 0 Å². The monoisotopic (exact) mass is 536 g/mol. The van der Waals surface area contributed by atoms with Crippen molar-refractivity contribution in [3.05, 3.63) is 47.3 Å². The van der Waals surface area contributed by atoms with Gasteiger partial charge in [0.1, 0.15) is 28.8 Å². The first-order valence-corrected chi connectivity index (χ1v) is 13.4. The molecule has 1 aliphatic rings. The summed E-state index contributed by atoms with van der Waals surface area (Å²) in [6.07, 6.45) is 4.56. The number of rotatable bonds is 9. The Kier molecular flexibility index (Phi) is 7.96. The van der Waals surface area contributed by atoms with E-state index in [-0.39, 0.29) is 11.9 Å². The van der Waals surface area contributed by atoms with Crippen molar-refractivity contribution in [2.24, 2.45) is 0 Å². The lowest BCUT2D eigenvalue weighted by Gasteiger charge is -2.24. The molecule has 3 heterocycles. The SMILES string of the molecule is COc1cccc(OC)c1-n1c(NS(=O)(=O)[C@@H](C)[C@H](C)c2ncc(Cl)cn2)nnc1[C@H]1CCCOC1. The lowest BCUT2D eigenvalue weighted by molar-refractivity contribution is 0.0775. The second kappa shape index (κ2) is 11.0. The number of sulfonamides is 1. The molecule has 36 heavy (non-hydrogen) atoms. The molecule has 0 unspecified atom stereocenters. The number of aromatic nitrogens is 5. The van der Waals surface area contributed by atoms with Crippen molar-refractivity contribution in [1.82, 2.24) is 24.7 Å². The summed E-state index contributed by atoms with van der Waals surface area (Å²) >= 11 is 5.88. The molecule has 0 radical (unpaired) electrons. The molecule has 13 heteroatoms. The van der Waals surface area contributed by atoms with Crippen LogP contribution in [0.2, 0.25) is 5.02 Å². The van der Waals surface area contributed by atoms with E-state index in [1.807, 2.05) is 0 Å². The average molecular weight is 537 g/mol. The van der Waals surface area contributed by atoms with Crippen molar-refractivity contribution in [3.63, 3.8) is 0 Å². The Morgan fingerprint density at radius 3 is 2.39 bits per heavy atom. The number of hydrogen-bond acceptors (Lipinski definition) is 9. The van der Waals surface area contributed by atoms with Gasteiger partial charge in [0.05, 0.1) is 31.1 Å². The van der Waals surface area contributed by atoms with Gasteiger partial charge in [-0.05, 0) is 31.9 Å². The van der Waals surface area contributed by atoms with E-state index in [0.717, 1.165) is 12.8 Å². The van der Waals surface area contributed by atoms with Crippen molar-refractivity contribution < 1.29 is 22.6 Å². The van der Waals surface area contributed by atoms with Gasteiger partial charge in [0.15, 0.2) is 0 Å². The molecule has 2 aromatic heterocycles. The van der Waals surface area contributed by atoms with Crippen LogP contribution in [-0.4, -0.2) is 65.8 Å². The van der Waals surface area contributed by atoms with E-state index in [9.17, 15) is 8.42 Å². The van der Waals surface area contributed by atoms with Crippen molar-refractivity contribution in [2.75, 3.05) is 32.2 Å². The van der Waals surface area contributed by atoms with Crippen molar-refractivity contribution in [1.29, 1.82) is 0 Å². The Bertz CT molecular complexity index is 1270. The lowest BCUT2D eigenvalue weighted by Crippen LogP contribution is -2.31. The molecule has 0 amide bonds. The molecular formula is C23H29ClN6O5S. The lowest BCUT2D eigenvalue weighted by atomic mass is 10.0. The van der Waals surface area contributed by atoms with Crippen LogP contribution < -0.4 is 14.2 Å². The molecule has 0 saturated carbocycles. The van der Waals surface area contributed by atoms with E-state index in [1.165, 1.54) is 26.6 Å². The van der Waals surface area contributed by atoms with E-state index in [1.54, 1.807) is 36.6 Å². The number of anilines is 1. The van der Waals surface area contributed by atoms with Gasteiger partial charge in [-0.15, -0.1) is 10.2 Å². The number of hydrogen-bond donors (Lipinski definition) is 1. The van der Waals surface area contributed by atoms with Crippen molar-refractivity contribution in [2.45, 2.75) is 43.8 Å². The Balaban J connectivity index is 1.77. The predicted molar refractivity (Wildman–Crippen MR) is 135 cm³/mol. The van der Waals surface area contributed by atoms with Crippen LogP contribution in [0.25, 0.3) is 5.69 Å². The zero-order chi connectivity index (χ0) is 25.9. The summed E-state index contributed by atoms with van der Waals surface area (Å²) in [6, 6.07) is 5.31. The van der Waals surface area contributed by atoms with E-state index in [4.69, 9.17) is 25.8 Å². The molecule has 3 atom stereocenters. The second-order valence-corrected chi connectivity index (χ2v) is 11.0. The van der Waals surface area contributed by atoms with E-state index in [0.29, 0.717) is 47.1 Å². The minimum Gasteiger partial charge on any atom is -0.494 e.